The Bertz CT molecular complexity index is 1420. The maximum atomic E-state index is 14.9. The SMILES string of the molecule is CC(C)(C)OC(=O)N1CCC2(CC1)CCN2C(=O)c1cc(Cc2n[nH]c(=O)c3ccccc23)ccc1F. The number of nitrogens with zero attached hydrogens (tertiary/aromatic N) is 3. The van der Waals surface area contributed by atoms with Crippen LogP contribution in [0, 0.1) is 5.82 Å². The molecule has 0 unspecified atom stereocenters. The van der Waals surface area contributed by atoms with Crippen molar-refractivity contribution in [2.75, 3.05) is 19.6 Å². The van der Waals surface area contributed by atoms with Crippen molar-refractivity contribution in [2.45, 2.75) is 57.6 Å². The molecule has 0 bridgehead atoms. The topological polar surface area (TPSA) is 95.6 Å². The molecule has 0 radical (unpaired) electrons. The molecule has 0 aliphatic carbocycles. The highest BCUT2D eigenvalue weighted by molar-refractivity contribution is 5.96. The number of aromatic nitrogens is 2. The van der Waals surface area contributed by atoms with E-state index in [1.165, 1.54) is 6.07 Å². The van der Waals surface area contributed by atoms with Gasteiger partial charge in [0.2, 0.25) is 0 Å². The Morgan fingerprint density at radius 2 is 1.73 bits per heavy atom. The van der Waals surface area contributed by atoms with Gasteiger partial charge in [-0.25, -0.2) is 14.3 Å². The molecule has 1 spiro atoms. The number of carbonyl (C=O) groups is 2. The van der Waals surface area contributed by atoms with Gasteiger partial charge in [0.05, 0.1) is 16.6 Å². The summed E-state index contributed by atoms with van der Waals surface area (Å²) in [5.74, 6) is -0.906. The van der Waals surface area contributed by atoms with Gasteiger partial charge in [-0.1, -0.05) is 24.3 Å². The van der Waals surface area contributed by atoms with E-state index < -0.39 is 11.4 Å². The van der Waals surface area contributed by atoms with Crippen molar-refractivity contribution >= 4 is 22.8 Å². The summed E-state index contributed by atoms with van der Waals surface area (Å²) in [5.41, 5.74) is 0.202. The predicted molar refractivity (Wildman–Crippen MR) is 137 cm³/mol. The summed E-state index contributed by atoms with van der Waals surface area (Å²) in [5, 5.41) is 7.98. The van der Waals surface area contributed by atoms with Gasteiger partial charge in [-0.15, -0.1) is 0 Å². The first-order chi connectivity index (χ1) is 17.6. The third kappa shape index (κ3) is 4.82. The van der Waals surface area contributed by atoms with Crippen LogP contribution in [0.4, 0.5) is 9.18 Å². The van der Waals surface area contributed by atoms with Gasteiger partial charge < -0.3 is 14.5 Å². The van der Waals surface area contributed by atoms with E-state index in [2.05, 4.69) is 10.2 Å². The Balaban J connectivity index is 1.32. The average molecular weight is 507 g/mol. The molecule has 2 amide bonds. The number of H-pyrrole nitrogens is 1. The standard InChI is InChI=1S/C28H31FN4O4/c1-27(2,3)37-26(36)32-13-10-28(11-14-32)12-15-33(28)25(35)21-16-18(8-9-22(21)29)17-23-19-6-4-5-7-20(19)24(34)31-30-23/h4-9,16H,10-15,17H2,1-3H3,(H,31,34). The lowest BCUT2D eigenvalue weighted by Crippen LogP contribution is -2.66. The van der Waals surface area contributed by atoms with Gasteiger partial charge in [0, 0.05) is 37.0 Å². The number of benzene rings is 2. The number of halogens is 1. The first-order valence-corrected chi connectivity index (χ1v) is 12.6. The number of fused-ring (bicyclic) bond motifs is 1. The van der Waals surface area contributed by atoms with Crippen molar-refractivity contribution in [3.63, 3.8) is 0 Å². The molecule has 9 heteroatoms. The lowest BCUT2D eigenvalue weighted by molar-refractivity contribution is -0.0437. The molecule has 0 saturated carbocycles. The summed E-state index contributed by atoms with van der Waals surface area (Å²) < 4.78 is 20.4. The lowest BCUT2D eigenvalue weighted by atomic mass is 9.76. The van der Waals surface area contributed by atoms with E-state index in [4.69, 9.17) is 4.74 Å². The van der Waals surface area contributed by atoms with Crippen LogP contribution in [-0.4, -0.2) is 62.8 Å². The molecule has 3 heterocycles. The molecule has 2 aliphatic rings. The molecular formula is C28H31FN4O4. The highest BCUT2D eigenvalue weighted by atomic mass is 19.1. The van der Waals surface area contributed by atoms with Crippen LogP contribution in [0.15, 0.2) is 47.3 Å². The third-order valence-corrected chi connectivity index (χ3v) is 7.37. The Kier molecular flexibility index (Phi) is 6.25. The van der Waals surface area contributed by atoms with Gasteiger partial charge in [-0.2, -0.15) is 5.10 Å². The van der Waals surface area contributed by atoms with Crippen LogP contribution in [0.25, 0.3) is 10.8 Å². The number of hydrogen-bond acceptors (Lipinski definition) is 5. The van der Waals surface area contributed by atoms with E-state index in [0.717, 1.165) is 17.4 Å². The average Bonchev–Trinajstić information content (AvgIpc) is 2.85. The Morgan fingerprint density at radius 3 is 2.38 bits per heavy atom. The van der Waals surface area contributed by atoms with Crippen LogP contribution < -0.4 is 5.56 Å². The van der Waals surface area contributed by atoms with Gasteiger partial charge in [-0.05, 0) is 63.8 Å². The molecule has 37 heavy (non-hydrogen) atoms. The van der Waals surface area contributed by atoms with Crippen molar-refractivity contribution in [3.8, 4) is 0 Å². The summed E-state index contributed by atoms with van der Waals surface area (Å²) in [4.78, 5) is 41.5. The van der Waals surface area contributed by atoms with Gasteiger partial charge >= 0.3 is 6.09 Å². The maximum Gasteiger partial charge on any atom is 0.410 e. The minimum Gasteiger partial charge on any atom is -0.444 e. The second-order valence-electron chi connectivity index (χ2n) is 10.9. The first-order valence-electron chi connectivity index (χ1n) is 12.6. The molecule has 1 N–H and O–H groups in total. The molecule has 0 atom stereocenters. The molecule has 1 aromatic heterocycles. The quantitative estimate of drug-likeness (QED) is 0.573. The minimum atomic E-state index is -0.568. The zero-order valence-corrected chi connectivity index (χ0v) is 21.3. The summed E-state index contributed by atoms with van der Waals surface area (Å²) in [6.07, 6.45) is 2.09. The van der Waals surface area contributed by atoms with Crippen LogP contribution >= 0.6 is 0 Å². The fraction of sp³-hybridized carbons (Fsp3) is 0.429. The normalized spacial score (nSPS) is 17.1. The van der Waals surface area contributed by atoms with E-state index in [9.17, 15) is 18.8 Å². The monoisotopic (exact) mass is 506 g/mol. The number of amides is 2. The first kappa shape index (κ1) is 24.9. The fourth-order valence-electron chi connectivity index (χ4n) is 5.30. The molecule has 2 aromatic carbocycles. The lowest BCUT2D eigenvalue weighted by Gasteiger charge is -2.56. The maximum absolute atomic E-state index is 14.9. The molecular weight excluding hydrogens is 475 g/mol. The second-order valence-corrected chi connectivity index (χ2v) is 10.9. The van der Waals surface area contributed by atoms with Gasteiger partial charge in [-0.3, -0.25) is 9.59 Å². The molecule has 2 saturated heterocycles. The second kappa shape index (κ2) is 9.28. The number of hydrogen-bond donors (Lipinski definition) is 1. The Morgan fingerprint density at radius 1 is 1.05 bits per heavy atom. The van der Waals surface area contributed by atoms with Crippen LogP contribution in [-0.2, 0) is 11.2 Å². The smallest absolute Gasteiger partial charge is 0.410 e. The number of piperidine rings is 1. The van der Waals surface area contributed by atoms with E-state index in [1.807, 2.05) is 32.9 Å². The number of aromatic amines is 1. The predicted octanol–water partition coefficient (Wildman–Crippen LogP) is 4.27. The molecule has 194 valence electrons. The van der Waals surface area contributed by atoms with E-state index in [0.29, 0.717) is 50.0 Å². The summed E-state index contributed by atoms with van der Waals surface area (Å²) >= 11 is 0. The summed E-state index contributed by atoms with van der Waals surface area (Å²) in [7, 11) is 0. The number of ether oxygens (including phenoxy) is 1. The third-order valence-electron chi connectivity index (χ3n) is 7.37. The largest absolute Gasteiger partial charge is 0.444 e. The minimum absolute atomic E-state index is 0.0277. The van der Waals surface area contributed by atoms with E-state index >= 15 is 0 Å². The van der Waals surface area contributed by atoms with E-state index in [-0.39, 0.29) is 28.7 Å². The Hall–Kier alpha value is -3.75. The van der Waals surface area contributed by atoms with Crippen molar-refractivity contribution in [1.82, 2.24) is 20.0 Å². The molecule has 5 rings (SSSR count). The number of carbonyl (C=O) groups excluding carboxylic acids is 2. The molecule has 2 aliphatic heterocycles. The van der Waals surface area contributed by atoms with Gasteiger partial charge in [0.15, 0.2) is 0 Å². The van der Waals surface area contributed by atoms with Crippen LogP contribution in [0.3, 0.4) is 0 Å². The highest BCUT2D eigenvalue weighted by Crippen LogP contribution is 2.41. The van der Waals surface area contributed by atoms with Crippen LogP contribution in [0.2, 0.25) is 0 Å². The van der Waals surface area contributed by atoms with Crippen LogP contribution in [0.5, 0.6) is 0 Å². The van der Waals surface area contributed by atoms with Crippen molar-refractivity contribution in [1.29, 1.82) is 0 Å². The van der Waals surface area contributed by atoms with Crippen molar-refractivity contribution in [3.05, 3.63) is 75.5 Å². The number of likely N-dealkylation sites (tertiary alicyclic amines) is 2. The molecule has 3 aromatic rings. The van der Waals surface area contributed by atoms with Crippen molar-refractivity contribution < 1.29 is 18.7 Å². The molecule has 2 fully saturated rings. The van der Waals surface area contributed by atoms with Crippen LogP contribution in [0.1, 0.15) is 61.6 Å². The zero-order valence-electron chi connectivity index (χ0n) is 21.3. The fourth-order valence-corrected chi connectivity index (χ4v) is 5.30. The summed E-state index contributed by atoms with van der Waals surface area (Å²) in [6.45, 7) is 7.04. The van der Waals surface area contributed by atoms with E-state index in [1.54, 1.807) is 34.1 Å². The number of nitrogens with one attached hydrogen (secondary N) is 1. The Labute approximate surface area is 214 Å². The summed E-state index contributed by atoms with van der Waals surface area (Å²) in [6, 6.07) is 11.7. The van der Waals surface area contributed by atoms with Gasteiger partial charge in [0.1, 0.15) is 11.4 Å². The zero-order chi connectivity index (χ0) is 26.4. The highest BCUT2D eigenvalue weighted by Gasteiger charge is 2.50. The number of rotatable bonds is 3. The van der Waals surface area contributed by atoms with Crippen molar-refractivity contribution in [2.24, 2.45) is 0 Å². The van der Waals surface area contributed by atoms with Gasteiger partial charge in [0.25, 0.3) is 11.5 Å². The molecule has 8 nitrogen and oxygen atoms in total.